The summed E-state index contributed by atoms with van der Waals surface area (Å²) in [6.45, 7) is 5.56. The van der Waals surface area contributed by atoms with Gasteiger partial charge in [0.1, 0.15) is 30.8 Å². The summed E-state index contributed by atoms with van der Waals surface area (Å²) in [5.41, 5.74) is 0.617. The smallest absolute Gasteiger partial charge is 0.435 e. The number of carbonyl (C=O) groups is 5. The van der Waals surface area contributed by atoms with Crippen LogP contribution in [0.4, 0.5) is 21.0 Å². The molecule has 2 N–H and O–H groups in total. The van der Waals surface area contributed by atoms with Crippen LogP contribution in [-0.4, -0.2) is 132 Å². The summed E-state index contributed by atoms with van der Waals surface area (Å²) in [5, 5.41) is 41.9. The molecule has 0 bridgehead atoms. The van der Waals surface area contributed by atoms with Crippen LogP contribution in [0.15, 0.2) is 64.1 Å². The van der Waals surface area contributed by atoms with Crippen LogP contribution in [0, 0.1) is 32.1 Å². The van der Waals surface area contributed by atoms with Gasteiger partial charge in [0.2, 0.25) is 11.8 Å². The van der Waals surface area contributed by atoms with Gasteiger partial charge in [0.15, 0.2) is 0 Å². The number of piperazine rings is 1. The van der Waals surface area contributed by atoms with Crippen LogP contribution in [0.2, 0.25) is 0 Å². The van der Waals surface area contributed by atoms with Crippen molar-refractivity contribution in [2.75, 3.05) is 32.7 Å². The van der Waals surface area contributed by atoms with E-state index in [1.54, 1.807) is 23.6 Å². The number of carboxylic acid groups (broad SMARTS) is 1. The molecular formula is C37H41N7O13S. The van der Waals surface area contributed by atoms with Crippen LogP contribution in [0.1, 0.15) is 38.3 Å². The number of amides is 4. The number of aliphatic imine (C=N–C) groups is 1. The lowest BCUT2D eigenvalue weighted by Gasteiger charge is -2.46. The van der Waals surface area contributed by atoms with Gasteiger partial charge in [-0.25, -0.2) is 14.4 Å². The molecule has 3 saturated heterocycles. The van der Waals surface area contributed by atoms with E-state index in [0.29, 0.717) is 35.0 Å². The van der Waals surface area contributed by atoms with E-state index in [1.165, 1.54) is 77.0 Å². The van der Waals surface area contributed by atoms with Gasteiger partial charge in [0, 0.05) is 73.1 Å². The summed E-state index contributed by atoms with van der Waals surface area (Å²) in [7, 11) is 0. The Labute approximate surface area is 335 Å². The van der Waals surface area contributed by atoms with Gasteiger partial charge in [-0.15, -0.1) is 11.8 Å². The maximum atomic E-state index is 14.2. The number of β-lactam (4-membered cyclic amide) rings is 1. The molecule has 6 atom stereocenters. The number of carbonyl (C=O) groups excluding carboxylic acids is 4. The molecule has 0 radical (unpaired) electrons. The topological polar surface area (TPSA) is 256 Å². The van der Waals surface area contributed by atoms with Crippen molar-refractivity contribution in [3.63, 3.8) is 0 Å². The fourth-order valence-electron chi connectivity index (χ4n) is 7.67. The molecule has 0 aliphatic carbocycles. The Hall–Kier alpha value is -6.09. The zero-order valence-corrected chi connectivity index (χ0v) is 32.5. The van der Waals surface area contributed by atoms with Gasteiger partial charge in [-0.3, -0.25) is 34.7 Å². The molecule has 4 aliphatic heterocycles. The number of nitro groups is 2. The van der Waals surface area contributed by atoms with Crippen molar-refractivity contribution in [3.05, 3.63) is 90.5 Å². The zero-order valence-electron chi connectivity index (χ0n) is 31.7. The van der Waals surface area contributed by atoms with E-state index in [2.05, 4.69) is 4.99 Å². The van der Waals surface area contributed by atoms with Crippen molar-refractivity contribution in [2.24, 2.45) is 16.8 Å². The molecule has 2 aromatic rings. The first-order valence-corrected chi connectivity index (χ1v) is 19.2. The minimum atomic E-state index is -1.30. The molecule has 4 heterocycles. The molecule has 308 valence electrons. The summed E-state index contributed by atoms with van der Waals surface area (Å²) < 4.78 is 10.8. The van der Waals surface area contributed by atoms with E-state index in [0.717, 1.165) is 0 Å². The van der Waals surface area contributed by atoms with Gasteiger partial charge >= 0.3 is 18.2 Å². The third-order valence-electron chi connectivity index (χ3n) is 10.7. The number of hydrogen-bond acceptors (Lipinski definition) is 13. The largest absolute Gasteiger partial charge is 0.477 e. The normalized spacial score (nSPS) is 23.6. The fraction of sp³-hybridized carbons (Fsp3) is 0.459. The first-order valence-electron chi connectivity index (χ1n) is 18.4. The summed E-state index contributed by atoms with van der Waals surface area (Å²) in [6.07, 6.45) is -2.52. The number of likely N-dealkylation sites (tertiary alicyclic amines) is 1. The first-order chi connectivity index (χ1) is 27.5. The molecule has 2 aromatic carbocycles. The average molecular weight is 824 g/mol. The van der Waals surface area contributed by atoms with E-state index in [1.807, 2.05) is 0 Å². The van der Waals surface area contributed by atoms with E-state index < -0.39 is 69.2 Å². The lowest BCUT2D eigenvalue weighted by Crippen LogP contribution is -2.63. The van der Waals surface area contributed by atoms with Crippen molar-refractivity contribution < 1.29 is 53.5 Å². The summed E-state index contributed by atoms with van der Waals surface area (Å²) in [5.74, 6) is -2.98. The Morgan fingerprint density at radius 2 is 1.45 bits per heavy atom. The lowest BCUT2D eigenvalue weighted by molar-refractivity contribution is -0.385. The Morgan fingerprint density at radius 1 is 0.914 bits per heavy atom. The summed E-state index contributed by atoms with van der Waals surface area (Å²) in [6, 6.07) is 9.47. The number of aliphatic carboxylic acids is 1. The second kappa shape index (κ2) is 17.2. The van der Waals surface area contributed by atoms with Crippen LogP contribution in [-0.2, 0) is 37.1 Å². The number of carboxylic acids is 1. The Balaban J connectivity index is 1.12. The first kappa shape index (κ1) is 41.5. The van der Waals surface area contributed by atoms with Gasteiger partial charge in [-0.2, -0.15) is 4.99 Å². The highest BCUT2D eigenvalue weighted by atomic mass is 32.2. The highest BCUT2D eigenvalue weighted by Gasteiger charge is 2.60. The third kappa shape index (κ3) is 8.59. The number of nitro benzene ring substituents is 2. The lowest BCUT2D eigenvalue weighted by atomic mass is 9.79. The van der Waals surface area contributed by atoms with Gasteiger partial charge in [0.25, 0.3) is 11.4 Å². The quantitative estimate of drug-likeness (QED) is 0.108. The fourth-order valence-corrected chi connectivity index (χ4v) is 9.20. The standard InChI is InChI=1S/C37H41N7O13S/c1-20-30-29(21(2)45)34(47)42(30)31(35(48)49)32(20)58-27-16-28(41(17-27)37(51)57-19-24-6-10-26(11-7-24)44(54)55)33(46)40-14-12-39(13-15-40)22(3)38-36(50)56-18-23-4-8-25(9-5-23)43(52)53/h4-11,20-21,27-30,45H,12-19H2,1-3H3,(H,48,49)/t20-,21-,27+,28+,29-,30-/m1/s1. The number of amidine groups is 1. The molecular weight excluding hydrogens is 783 g/mol. The number of aliphatic hydroxyl groups is 1. The van der Waals surface area contributed by atoms with Crippen molar-refractivity contribution >= 4 is 58.9 Å². The molecule has 0 saturated carbocycles. The molecule has 0 unspecified atom stereocenters. The number of nitrogens with zero attached hydrogens (tertiary/aromatic N) is 7. The molecule has 6 rings (SSSR count). The Bertz CT molecular complexity index is 2050. The van der Waals surface area contributed by atoms with E-state index in [4.69, 9.17) is 9.47 Å². The van der Waals surface area contributed by atoms with Gasteiger partial charge in [-0.05, 0) is 55.7 Å². The predicted octanol–water partition coefficient (Wildman–Crippen LogP) is 3.37. The van der Waals surface area contributed by atoms with Crippen molar-refractivity contribution in [1.29, 1.82) is 0 Å². The van der Waals surface area contributed by atoms with Crippen LogP contribution < -0.4 is 0 Å². The van der Waals surface area contributed by atoms with Crippen molar-refractivity contribution in [2.45, 2.75) is 63.8 Å². The molecule has 4 aliphatic rings. The second-order valence-corrected chi connectivity index (χ2v) is 15.7. The second-order valence-electron chi connectivity index (χ2n) is 14.3. The van der Waals surface area contributed by atoms with E-state index >= 15 is 0 Å². The number of non-ortho nitro benzene ring substituents is 2. The van der Waals surface area contributed by atoms with Gasteiger partial charge in [-0.1, -0.05) is 6.92 Å². The maximum Gasteiger partial charge on any atom is 0.435 e. The number of rotatable bonds is 11. The van der Waals surface area contributed by atoms with Crippen molar-refractivity contribution in [1.82, 2.24) is 19.6 Å². The highest BCUT2D eigenvalue weighted by Crippen LogP contribution is 2.52. The van der Waals surface area contributed by atoms with Gasteiger partial charge in [0.05, 0.1) is 27.9 Å². The molecule has 0 aromatic heterocycles. The molecule has 0 spiro atoms. The minimum Gasteiger partial charge on any atom is -0.477 e. The van der Waals surface area contributed by atoms with E-state index in [9.17, 15) is 54.4 Å². The molecule has 21 heteroatoms. The van der Waals surface area contributed by atoms with Crippen LogP contribution >= 0.6 is 11.8 Å². The highest BCUT2D eigenvalue weighted by molar-refractivity contribution is 8.03. The van der Waals surface area contributed by atoms with Crippen molar-refractivity contribution in [3.8, 4) is 0 Å². The molecule has 3 fully saturated rings. The number of fused-ring (bicyclic) bond motifs is 1. The number of thioether (sulfide) groups is 1. The van der Waals surface area contributed by atoms with Crippen LogP contribution in [0.3, 0.4) is 0 Å². The van der Waals surface area contributed by atoms with E-state index in [-0.39, 0.29) is 62.2 Å². The van der Waals surface area contributed by atoms with Gasteiger partial charge < -0.3 is 34.4 Å². The summed E-state index contributed by atoms with van der Waals surface area (Å²) >= 11 is 1.19. The number of hydrogen-bond donors (Lipinski definition) is 2. The van der Waals surface area contributed by atoms with Crippen LogP contribution in [0.25, 0.3) is 0 Å². The molecule has 4 amide bonds. The molecule has 58 heavy (non-hydrogen) atoms. The predicted molar refractivity (Wildman–Crippen MR) is 204 cm³/mol. The minimum absolute atomic E-state index is 0.00937. The number of aliphatic hydroxyl groups excluding tert-OH is 1. The molecule has 20 nitrogen and oxygen atoms in total. The monoisotopic (exact) mass is 823 g/mol. The zero-order chi connectivity index (χ0) is 42.0. The SMILES string of the molecule is CC(=NC(=O)OCc1ccc([N+](=O)[O-])cc1)N1CCN(C(=O)[C@@H]2C[C@H](SC3=C(C(=O)O)N4C(=O)[C@H]([C@@H](C)O)[C@H]4[C@H]3C)CN2C(=O)OCc2ccc([N+](=O)[O-])cc2)CC1. The Morgan fingerprint density at radius 3 is 1.97 bits per heavy atom. The average Bonchev–Trinajstić information content (AvgIpc) is 3.72. The van der Waals surface area contributed by atoms with Crippen LogP contribution in [0.5, 0.6) is 0 Å². The number of ether oxygens (including phenoxy) is 2. The number of benzene rings is 2. The summed E-state index contributed by atoms with van der Waals surface area (Å²) in [4.78, 5) is 96.8. The Kier molecular flexibility index (Phi) is 12.3. The maximum absolute atomic E-state index is 14.2. The third-order valence-corrected chi connectivity index (χ3v) is 12.2.